The Kier molecular flexibility index (Phi) is 3.79. The second-order valence-corrected chi connectivity index (χ2v) is 4.68. The van der Waals surface area contributed by atoms with Crippen molar-refractivity contribution >= 4 is 8.17 Å². The molecule has 0 aliphatic carbocycles. The van der Waals surface area contributed by atoms with Gasteiger partial charge in [-0.15, -0.1) is 0 Å². The molecule has 0 amide bonds. The second kappa shape index (κ2) is 4.34. The molecule has 1 fully saturated rings. The standard InChI is InChI=1S/C6H15O7P/c1-3-5(7)6(8)4(13-3)2-12-14(9,10)11/h3-11,14H,2H2,1H3/t3?,4-,5+,6-/m1/s1. The van der Waals surface area contributed by atoms with Gasteiger partial charge in [-0.1, -0.05) is 0 Å². The van der Waals surface area contributed by atoms with Crippen molar-refractivity contribution in [2.75, 3.05) is 6.61 Å². The molecule has 1 saturated heterocycles. The van der Waals surface area contributed by atoms with E-state index in [1.54, 1.807) is 6.92 Å². The monoisotopic (exact) mass is 230 g/mol. The van der Waals surface area contributed by atoms with Crippen LogP contribution in [0.2, 0.25) is 0 Å². The van der Waals surface area contributed by atoms with Crippen LogP contribution in [-0.2, 0) is 9.26 Å². The maximum atomic E-state index is 9.34. The van der Waals surface area contributed by atoms with E-state index in [2.05, 4.69) is 4.52 Å². The van der Waals surface area contributed by atoms with Crippen LogP contribution in [0.5, 0.6) is 0 Å². The van der Waals surface area contributed by atoms with Gasteiger partial charge in [0, 0.05) is 0 Å². The van der Waals surface area contributed by atoms with Crippen molar-refractivity contribution in [1.82, 2.24) is 0 Å². The van der Waals surface area contributed by atoms with Gasteiger partial charge in [0.2, 0.25) is 0 Å². The molecule has 0 saturated carbocycles. The maximum absolute atomic E-state index is 9.34. The summed E-state index contributed by atoms with van der Waals surface area (Å²) in [6.07, 6.45) is -3.60. The van der Waals surface area contributed by atoms with Crippen LogP contribution >= 0.6 is 8.17 Å². The van der Waals surface area contributed by atoms with E-state index in [0.717, 1.165) is 0 Å². The van der Waals surface area contributed by atoms with E-state index in [-0.39, 0.29) is 6.61 Å². The van der Waals surface area contributed by atoms with Crippen LogP contribution in [0.25, 0.3) is 0 Å². The summed E-state index contributed by atoms with van der Waals surface area (Å²) in [5, 5.41) is 18.6. The molecule has 8 heteroatoms. The average molecular weight is 230 g/mol. The van der Waals surface area contributed by atoms with Gasteiger partial charge >= 0.3 is 80.3 Å². The molecule has 0 aromatic rings. The molecular formula is C6H15O7P. The Morgan fingerprint density at radius 2 is 1.79 bits per heavy atom. The normalized spacial score (nSPS) is 40.1. The van der Waals surface area contributed by atoms with Gasteiger partial charge in [0.25, 0.3) is 0 Å². The summed E-state index contributed by atoms with van der Waals surface area (Å²) in [7, 11) is -4.57. The number of aliphatic hydroxyl groups is 2. The molecule has 0 spiro atoms. The SMILES string of the molecule is CC1O[C@H](CO[PH](O)(O)O)[C@@H](O)[C@H]1O. The summed E-state index contributed by atoms with van der Waals surface area (Å²) in [4.78, 5) is 25.6. The first kappa shape index (κ1) is 12.2. The van der Waals surface area contributed by atoms with E-state index in [1.807, 2.05) is 0 Å². The Hall–Kier alpha value is 0.150. The van der Waals surface area contributed by atoms with E-state index in [9.17, 15) is 10.2 Å². The van der Waals surface area contributed by atoms with Crippen molar-refractivity contribution in [3.8, 4) is 0 Å². The molecule has 1 rings (SSSR count). The molecule has 0 bridgehead atoms. The molecule has 5 N–H and O–H groups in total. The van der Waals surface area contributed by atoms with Crippen LogP contribution in [0.4, 0.5) is 0 Å². The molecule has 1 unspecified atom stereocenters. The first-order chi connectivity index (χ1) is 6.31. The number of hydrogen-bond acceptors (Lipinski definition) is 7. The third-order valence-electron chi connectivity index (χ3n) is 2.04. The quantitative estimate of drug-likeness (QED) is 0.352. The fourth-order valence-electron chi connectivity index (χ4n) is 1.27. The molecule has 4 atom stereocenters. The molecule has 1 aliphatic rings. The third kappa shape index (κ3) is 3.08. The summed E-state index contributed by atoms with van der Waals surface area (Å²) >= 11 is 0. The van der Waals surface area contributed by atoms with Crippen LogP contribution in [0.3, 0.4) is 0 Å². The summed E-state index contributed by atoms with van der Waals surface area (Å²) in [6, 6.07) is 0. The topological polar surface area (TPSA) is 120 Å². The van der Waals surface area contributed by atoms with Crippen LogP contribution < -0.4 is 0 Å². The molecule has 86 valence electrons. The summed E-state index contributed by atoms with van der Waals surface area (Å²) in [5.74, 6) is 0. The molecule has 1 aliphatic heterocycles. The van der Waals surface area contributed by atoms with Crippen molar-refractivity contribution in [2.24, 2.45) is 0 Å². The molecule has 7 nitrogen and oxygen atoms in total. The van der Waals surface area contributed by atoms with Gasteiger partial charge in [-0.05, 0) is 0 Å². The fourth-order valence-corrected chi connectivity index (χ4v) is 1.65. The molecule has 0 aromatic carbocycles. The van der Waals surface area contributed by atoms with Gasteiger partial charge in [0.05, 0.1) is 0 Å². The second-order valence-electron chi connectivity index (χ2n) is 3.25. The summed E-state index contributed by atoms with van der Waals surface area (Å²) < 4.78 is 9.33. The Labute approximate surface area is 81.2 Å². The van der Waals surface area contributed by atoms with Crippen molar-refractivity contribution in [3.05, 3.63) is 0 Å². The molecule has 1 heterocycles. The van der Waals surface area contributed by atoms with Crippen molar-refractivity contribution in [3.63, 3.8) is 0 Å². The zero-order valence-corrected chi connectivity index (χ0v) is 8.57. The number of rotatable bonds is 3. The Bertz CT molecular complexity index is 193. The summed E-state index contributed by atoms with van der Waals surface area (Å²) in [5.41, 5.74) is 0. The molecule has 0 radical (unpaired) electrons. The predicted octanol–water partition coefficient (Wildman–Crippen LogP) is -2.10. The van der Waals surface area contributed by atoms with Crippen LogP contribution in [0.1, 0.15) is 6.92 Å². The van der Waals surface area contributed by atoms with E-state index in [1.165, 1.54) is 0 Å². The van der Waals surface area contributed by atoms with E-state index in [0.29, 0.717) is 0 Å². The van der Waals surface area contributed by atoms with Crippen molar-refractivity contribution in [2.45, 2.75) is 31.3 Å². The molecule has 0 aromatic heterocycles. The van der Waals surface area contributed by atoms with Gasteiger partial charge in [-0.3, -0.25) is 0 Å². The van der Waals surface area contributed by atoms with Crippen molar-refractivity contribution in [1.29, 1.82) is 0 Å². The Morgan fingerprint density at radius 1 is 1.21 bits per heavy atom. The Morgan fingerprint density at radius 3 is 2.14 bits per heavy atom. The fraction of sp³-hybridized carbons (Fsp3) is 1.00. The number of aliphatic hydroxyl groups excluding tert-OH is 2. The van der Waals surface area contributed by atoms with Gasteiger partial charge < -0.3 is 0 Å². The number of ether oxygens (including phenoxy) is 1. The first-order valence-corrected chi connectivity index (χ1v) is 5.89. The zero-order chi connectivity index (χ0) is 10.9. The summed E-state index contributed by atoms with van der Waals surface area (Å²) in [6.45, 7) is 1.19. The van der Waals surface area contributed by atoms with Gasteiger partial charge in [-0.25, -0.2) is 0 Å². The number of hydrogen-bond donors (Lipinski definition) is 5. The molecule has 14 heavy (non-hydrogen) atoms. The van der Waals surface area contributed by atoms with Gasteiger partial charge in [-0.2, -0.15) is 0 Å². The third-order valence-corrected chi connectivity index (χ3v) is 2.60. The Balaban J connectivity index is 2.40. The first-order valence-electron chi connectivity index (χ1n) is 4.14. The van der Waals surface area contributed by atoms with E-state index < -0.39 is 32.6 Å². The van der Waals surface area contributed by atoms with Crippen LogP contribution in [-0.4, -0.2) is 55.9 Å². The van der Waals surface area contributed by atoms with Gasteiger partial charge in [0.15, 0.2) is 0 Å². The van der Waals surface area contributed by atoms with Crippen LogP contribution in [0, 0.1) is 0 Å². The minimum absolute atomic E-state index is 0.377. The molecular weight excluding hydrogens is 215 g/mol. The van der Waals surface area contributed by atoms with E-state index in [4.69, 9.17) is 19.4 Å². The van der Waals surface area contributed by atoms with Crippen LogP contribution in [0.15, 0.2) is 0 Å². The zero-order valence-electron chi connectivity index (χ0n) is 7.57. The average Bonchev–Trinajstić information content (AvgIpc) is 2.28. The van der Waals surface area contributed by atoms with Crippen molar-refractivity contribution < 1.29 is 34.2 Å². The predicted molar refractivity (Wildman–Crippen MR) is 47.3 cm³/mol. The van der Waals surface area contributed by atoms with E-state index >= 15 is 0 Å². The van der Waals surface area contributed by atoms with Gasteiger partial charge in [0.1, 0.15) is 0 Å². The minimum atomic E-state index is -4.57.